The largest absolute Gasteiger partial charge is 0.354 e. The molecule has 3 aromatic rings. The maximum Gasteiger partial charge on any atom is 0.252 e. The molecule has 1 atom stereocenters. The van der Waals surface area contributed by atoms with Gasteiger partial charge in [-0.2, -0.15) is 5.10 Å². The number of pyridine rings is 1. The number of carbonyl (C=O) groups is 2. The fraction of sp³-hybridized carbons (Fsp3) is 0.364. The molecule has 0 bridgehead atoms. The molecule has 0 aliphatic carbocycles. The van der Waals surface area contributed by atoms with Crippen LogP contribution in [0.4, 0.5) is 0 Å². The fourth-order valence-electron chi connectivity index (χ4n) is 3.21. The molecular weight excluding hydrogens is 366 g/mol. The smallest absolute Gasteiger partial charge is 0.252 e. The number of hydrogen-bond acceptors (Lipinski definition) is 4. The highest BCUT2D eigenvalue weighted by molar-refractivity contribution is 6.07. The summed E-state index contributed by atoms with van der Waals surface area (Å²) in [6.45, 7) is 6.11. The Balaban J connectivity index is 1.85. The molecule has 1 aromatic carbocycles. The predicted octanol–water partition coefficient (Wildman–Crippen LogP) is 2.98. The maximum atomic E-state index is 13.0. The Morgan fingerprint density at radius 2 is 1.93 bits per heavy atom. The number of carbonyl (C=O) groups excluding carboxylic acids is 2. The average molecular weight is 393 g/mol. The van der Waals surface area contributed by atoms with Crippen molar-refractivity contribution in [3.63, 3.8) is 0 Å². The van der Waals surface area contributed by atoms with Crippen LogP contribution in [0.25, 0.3) is 22.3 Å². The van der Waals surface area contributed by atoms with Gasteiger partial charge >= 0.3 is 0 Å². The molecule has 7 heteroatoms. The number of aryl methyl sites for hydroxylation is 2. The average Bonchev–Trinajstić information content (AvgIpc) is 3.01. The zero-order chi connectivity index (χ0) is 21.0. The van der Waals surface area contributed by atoms with E-state index in [1.807, 2.05) is 58.2 Å². The number of aromatic nitrogens is 3. The maximum absolute atomic E-state index is 13.0. The van der Waals surface area contributed by atoms with Crippen LogP contribution in [0.2, 0.25) is 0 Å². The molecule has 0 aliphatic heterocycles. The molecule has 7 nitrogen and oxygen atoms in total. The van der Waals surface area contributed by atoms with E-state index in [1.54, 1.807) is 10.7 Å². The first-order valence-electron chi connectivity index (χ1n) is 9.88. The Bertz CT molecular complexity index is 1030. The molecule has 2 heterocycles. The lowest BCUT2D eigenvalue weighted by molar-refractivity contribution is -0.121. The van der Waals surface area contributed by atoms with Gasteiger partial charge in [0.1, 0.15) is 0 Å². The van der Waals surface area contributed by atoms with Crippen molar-refractivity contribution in [2.24, 2.45) is 7.05 Å². The second-order valence-electron chi connectivity index (χ2n) is 7.21. The highest BCUT2D eigenvalue weighted by Gasteiger charge is 2.19. The van der Waals surface area contributed by atoms with E-state index in [9.17, 15) is 9.59 Å². The molecule has 29 heavy (non-hydrogen) atoms. The quantitative estimate of drug-likeness (QED) is 0.646. The third-order valence-electron chi connectivity index (χ3n) is 4.94. The van der Waals surface area contributed by atoms with Crippen molar-refractivity contribution in [3.05, 3.63) is 47.7 Å². The van der Waals surface area contributed by atoms with E-state index in [0.717, 1.165) is 23.1 Å². The molecule has 0 fully saturated rings. The highest BCUT2D eigenvalue weighted by atomic mass is 16.2. The molecule has 0 aliphatic rings. The Hall–Kier alpha value is -3.22. The normalized spacial score (nSPS) is 12.0. The van der Waals surface area contributed by atoms with Gasteiger partial charge in [-0.3, -0.25) is 14.3 Å². The second kappa shape index (κ2) is 8.86. The molecule has 152 valence electrons. The number of nitrogens with zero attached hydrogens (tertiary/aromatic N) is 3. The van der Waals surface area contributed by atoms with Crippen LogP contribution < -0.4 is 10.6 Å². The van der Waals surface area contributed by atoms with Gasteiger partial charge in [-0.05, 0) is 26.3 Å². The van der Waals surface area contributed by atoms with Crippen LogP contribution in [0.3, 0.4) is 0 Å². The summed E-state index contributed by atoms with van der Waals surface area (Å²) in [7, 11) is 1.82. The summed E-state index contributed by atoms with van der Waals surface area (Å²) < 4.78 is 1.69. The minimum Gasteiger partial charge on any atom is -0.354 e. The fourth-order valence-corrected chi connectivity index (χ4v) is 3.21. The second-order valence-corrected chi connectivity index (χ2v) is 7.21. The van der Waals surface area contributed by atoms with Crippen LogP contribution in [0.1, 0.15) is 42.7 Å². The lowest BCUT2D eigenvalue weighted by atomic mass is 10.0. The van der Waals surface area contributed by atoms with Crippen LogP contribution >= 0.6 is 0 Å². The highest BCUT2D eigenvalue weighted by Crippen LogP contribution is 2.26. The molecule has 0 saturated heterocycles. The monoisotopic (exact) mass is 393 g/mol. The van der Waals surface area contributed by atoms with Crippen molar-refractivity contribution in [2.45, 2.75) is 39.7 Å². The van der Waals surface area contributed by atoms with Gasteiger partial charge in [0, 0.05) is 31.6 Å². The summed E-state index contributed by atoms with van der Waals surface area (Å²) in [6.07, 6.45) is 1.11. The van der Waals surface area contributed by atoms with Crippen molar-refractivity contribution in [2.75, 3.05) is 6.54 Å². The summed E-state index contributed by atoms with van der Waals surface area (Å²) in [5.74, 6) is -0.302. The third-order valence-corrected chi connectivity index (χ3v) is 4.94. The van der Waals surface area contributed by atoms with E-state index in [1.165, 1.54) is 0 Å². The van der Waals surface area contributed by atoms with Crippen molar-refractivity contribution in [1.82, 2.24) is 25.4 Å². The van der Waals surface area contributed by atoms with Crippen LogP contribution in [-0.4, -0.2) is 39.2 Å². The third kappa shape index (κ3) is 4.62. The Morgan fingerprint density at radius 3 is 2.62 bits per heavy atom. The Kier molecular flexibility index (Phi) is 6.26. The van der Waals surface area contributed by atoms with Crippen molar-refractivity contribution >= 4 is 22.8 Å². The topological polar surface area (TPSA) is 88.9 Å². The molecule has 2 amide bonds. The van der Waals surface area contributed by atoms with Gasteiger partial charge < -0.3 is 10.6 Å². The molecule has 1 unspecified atom stereocenters. The summed E-state index contributed by atoms with van der Waals surface area (Å²) in [6, 6.07) is 11.6. The standard InChI is InChI=1S/C22H27N5O2/c1-5-14(2)24-19(28)11-12-23-22(29)17-13-18(16-9-7-6-8-10-16)25-21-20(17)15(3)26-27(21)4/h6-10,13-14H,5,11-12H2,1-4H3,(H,23,29)(H,24,28). The lowest BCUT2D eigenvalue weighted by Gasteiger charge is -2.12. The first-order valence-corrected chi connectivity index (χ1v) is 9.88. The number of amides is 2. The van der Waals surface area contributed by atoms with Gasteiger partial charge in [0.2, 0.25) is 5.91 Å². The molecule has 0 saturated carbocycles. The van der Waals surface area contributed by atoms with Crippen LogP contribution in [0.15, 0.2) is 36.4 Å². The number of rotatable bonds is 7. The van der Waals surface area contributed by atoms with Crippen molar-refractivity contribution < 1.29 is 9.59 Å². The van der Waals surface area contributed by atoms with Crippen LogP contribution in [-0.2, 0) is 11.8 Å². The first kappa shape index (κ1) is 20.5. The van der Waals surface area contributed by atoms with E-state index in [4.69, 9.17) is 4.98 Å². The van der Waals surface area contributed by atoms with Gasteiger partial charge in [0.05, 0.1) is 22.3 Å². The molecular formula is C22H27N5O2. The summed E-state index contributed by atoms with van der Waals surface area (Å²) in [5, 5.41) is 10.9. The molecule has 0 radical (unpaired) electrons. The van der Waals surface area contributed by atoms with Gasteiger partial charge in [-0.15, -0.1) is 0 Å². The van der Waals surface area contributed by atoms with Crippen LogP contribution in [0, 0.1) is 6.92 Å². The zero-order valence-corrected chi connectivity index (χ0v) is 17.3. The Labute approximate surface area is 170 Å². The van der Waals surface area contributed by atoms with E-state index in [2.05, 4.69) is 15.7 Å². The number of fused-ring (bicyclic) bond motifs is 1. The number of nitrogens with one attached hydrogen (secondary N) is 2. The summed E-state index contributed by atoms with van der Waals surface area (Å²) in [4.78, 5) is 29.6. The summed E-state index contributed by atoms with van der Waals surface area (Å²) in [5.41, 5.74) is 3.55. The van der Waals surface area contributed by atoms with E-state index >= 15 is 0 Å². The minimum atomic E-state index is -0.234. The molecule has 2 N–H and O–H groups in total. The van der Waals surface area contributed by atoms with Crippen molar-refractivity contribution in [1.29, 1.82) is 0 Å². The van der Waals surface area contributed by atoms with E-state index in [-0.39, 0.29) is 30.8 Å². The van der Waals surface area contributed by atoms with Gasteiger partial charge in [0.15, 0.2) is 5.65 Å². The van der Waals surface area contributed by atoms with Crippen LogP contribution in [0.5, 0.6) is 0 Å². The first-order chi connectivity index (χ1) is 13.9. The van der Waals surface area contributed by atoms with E-state index in [0.29, 0.717) is 16.9 Å². The van der Waals surface area contributed by atoms with Crippen molar-refractivity contribution in [3.8, 4) is 11.3 Å². The van der Waals surface area contributed by atoms with Gasteiger partial charge in [0.25, 0.3) is 5.91 Å². The molecule has 0 spiro atoms. The Morgan fingerprint density at radius 1 is 1.21 bits per heavy atom. The molecule has 2 aromatic heterocycles. The minimum absolute atomic E-state index is 0.0675. The van der Waals surface area contributed by atoms with Gasteiger partial charge in [-0.25, -0.2) is 4.98 Å². The number of hydrogen-bond donors (Lipinski definition) is 2. The zero-order valence-electron chi connectivity index (χ0n) is 17.3. The lowest BCUT2D eigenvalue weighted by Crippen LogP contribution is -2.35. The SMILES string of the molecule is CCC(C)NC(=O)CCNC(=O)c1cc(-c2ccccc2)nc2c1c(C)nn2C. The van der Waals surface area contributed by atoms with Gasteiger partial charge in [-0.1, -0.05) is 37.3 Å². The molecule has 3 rings (SSSR count). The predicted molar refractivity (Wildman–Crippen MR) is 114 cm³/mol. The summed E-state index contributed by atoms with van der Waals surface area (Å²) >= 11 is 0. The number of benzene rings is 1. The van der Waals surface area contributed by atoms with E-state index < -0.39 is 0 Å².